The van der Waals surface area contributed by atoms with E-state index < -0.39 is 12.1 Å². The molecule has 3 rings (SSSR count). The van der Waals surface area contributed by atoms with Crippen LogP contribution in [0.4, 0.5) is 0 Å². The molecule has 0 fully saturated rings. The highest BCUT2D eigenvalue weighted by Gasteiger charge is 2.22. The Kier molecular flexibility index (Phi) is 8.95. The Morgan fingerprint density at radius 2 is 2.00 bits per heavy atom. The molecule has 0 unspecified atom stereocenters. The van der Waals surface area contributed by atoms with E-state index in [1.807, 2.05) is 19.9 Å². The number of rotatable bonds is 9. The highest BCUT2D eigenvalue weighted by Crippen LogP contribution is 2.42. The van der Waals surface area contributed by atoms with E-state index in [4.69, 9.17) is 26.1 Å². The number of hydrogen-bond donors (Lipinski definition) is 1. The number of halogens is 3. The van der Waals surface area contributed by atoms with Gasteiger partial charge in [0.25, 0.3) is 5.56 Å². The summed E-state index contributed by atoms with van der Waals surface area (Å²) in [5, 5.41) is 14.2. The first-order valence-electron chi connectivity index (χ1n) is 10.9. The molecule has 0 bridgehead atoms. The molecule has 186 valence electrons. The Bertz CT molecular complexity index is 1360. The second-order valence-electron chi connectivity index (χ2n) is 7.75. The van der Waals surface area contributed by atoms with Crippen molar-refractivity contribution in [3.8, 4) is 11.5 Å². The summed E-state index contributed by atoms with van der Waals surface area (Å²) in [6.45, 7) is 7.47. The van der Waals surface area contributed by atoms with Crippen molar-refractivity contribution in [2.75, 3.05) is 6.61 Å². The lowest BCUT2D eigenvalue weighted by Gasteiger charge is -2.18. The summed E-state index contributed by atoms with van der Waals surface area (Å²) in [6, 6.07) is 6.97. The molecule has 2 aromatic carbocycles. The minimum Gasteiger partial charge on any atom is -0.490 e. The summed E-state index contributed by atoms with van der Waals surface area (Å²) >= 11 is 13.3. The lowest BCUT2D eigenvalue weighted by Crippen LogP contribution is -2.24. The molecule has 1 N–H and O–H groups in total. The third-order valence-electron chi connectivity index (χ3n) is 5.30. The summed E-state index contributed by atoms with van der Waals surface area (Å²) in [5.41, 5.74) is 0.798. The van der Waals surface area contributed by atoms with E-state index in [0.717, 1.165) is 10.9 Å². The maximum absolute atomic E-state index is 13.4. The van der Waals surface area contributed by atoms with Gasteiger partial charge in [0.2, 0.25) is 0 Å². The van der Waals surface area contributed by atoms with Crippen LogP contribution in [0.2, 0.25) is 5.02 Å². The van der Waals surface area contributed by atoms with E-state index in [-0.39, 0.29) is 28.0 Å². The van der Waals surface area contributed by atoms with Gasteiger partial charge in [-0.25, -0.2) is 9.78 Å². The maximum atomic E-state index is 13.4. The Morgan fingerprint density at radius 1 is 1.29 bits per heavy atom. The number of hydrogen-bond acceptors (Lipinski definition) is 6. The second-order valence-corrected chi connectivity index (χ2v) is 9.84. The fourth-order valence-corrected chi connectivity index (χ4v) is 4.20. The zero-order chi connectivity index (χ0) is 25.9. The van der Waals surface area contributed by atoms with Crippen LogP contribution in [0.1, 0.15) is 51.4 Å². The molecule has 0 aliphatic rings. The first-order chi connectivity index (χ1) is 16.6. The van der Waals surface area contributed by atoms with Crippen molar-refractivity contribution in [3.63, 3.8) is 0 Å². The standard InChI is InChI=1S/C24H24Br2ClN3O5/c1-5-12(3)22-29-17-8-7-15(25)10-16(17)23(31)30(22)28-11-14-9-18(34-6-2)21(20(27)19(14)26)35-13(4)24(32)33/h7-13H,5-6H2,1-4H3,(H,32,33)/t12-,13+/m1/s1. The van der Waals surface area contributed by atoms with Crippen LogP contribution in [0.5, 0.6) is 11.5 Å². The molecule has 0 aliphatic heterocycles. The molecule has 1 heterocycles. The Labute approximate surface area is 224 Å². The van der Waals surface area contributed by atoms with Crippen LogP contribution in [0.15, 0.2) is 43.1 Å². The lowest BCUT2D eigenvalue weighted by atomic mass is 10.1. The minimum atomic E-state index is -1.14. The van der Waals surface area contributed by atoms with Crippen LogP contribution in [0.25, 0.3) is 10.9 Å². The molecular weight excluding hydrogens is 606 g/mol. The molecule has 0 amide bonds. The monoisotopic (exact) mass is 627 g/mol. The van der Waals surface area contributed by atoms with Crippen molar-refractivity contribution in [2.45, 2.75) is 46.1 Å². The van der Waals surface area contributed by atoms with Gasteiger partial charge in [0.15, 0.2) is 17.6 Å². The quantitative estimate of drug-likeness (QED) is 0.282. The van der Waals surface area contributed by atoms with Crippen molar-refractivity contribution >= 4 is 66.5 Å². The molecule has 11 heteroatoms. The first kappa shape index (κ1) is 27.2. The molecular formula is C24H24Br2ClN3O5. The zero-order valence-electron chi connectivity index (χ0n) is 19.5. The van der Waals surface area contributed by atoms with Crippen LogP contribution in [0.3, 0.4) is 0 Å². The normalized spacial score (nSPS) is 13.2. The average Bonchev–Trinajstić information content (AvgIpc) is 2.83. The predicted molar refractivity (Wildman–Crippen MR) is 143 cm³/mol. The van der Waals surface area contributed by atoms with Crippen LogP contribution >= 0.6 is 43.5 Å². The topological polar surface area (TPSA) is 103 Å². The maximum Gasteiger partial charge on any atom is 0.344 e. The largest absolute Gasteiger partial charge is 0.490 e. The first-order valence-corrected chi connectivity index (χ1v) is 12.9. The summed E-state index contributed by atoms with van der Waals surface area (Å²) in [5.74, 6) is -0.275. The molecule has 3 aromatic rings. The van der Waals surface area contributed by atoms with Gasteiger partial charge in [-0.3, -0.25) is 4.79 Å². The van der Waals surface area contributed by atoms with E-state index in [1.165, 1.54) is 17.8 Å². The predicted octanol–water partition coefficient (Wildman–Crippen LogP) is 6.22. The zero-order valence-corrected chi connectivity index (χ0v) is 23.4. The molecule has 0 saturated heterocycles. The third kappa shape index (κ3) is 5.87. The van der Waals surface area contributed by atoms with Crippen LogP contribution in [-0.2, 0) is 4.79 Å². The highest BCUT2D eigenvalue weighted by atomic mass is 79.9. The average molecular weight is 630 g/mol. The van der Waals surface area contributed by atoms with Crippen molar-refractivity contribution in [1.82, 2.24) is 9.66 Å². The van der Waals surface area contributed by atoms with Gasteiger partial charge < -0.3 is 14.6 Å². The van der Waals surface area contributed by atoms with Crippen molar-refractivity contribution in [3.05, 3.63) is 60.0 Å². The van der Waals surface area contributed by atoms with E-state index in [0.29, 0.717) is 33.4 Å². The summed E-state index contributed by atoms with van der Waals surface area (Å²) in [4.78, 5) is 29.3. The Hall–Kier alpha value is -2.43. The number of benzene rings is 2. The van der Waals surface area contributed by atoms with Crippen molar-refractivity contribution < 1.29 is 19.4 Å². The fourth-order valence-electron chi connectivity index (χ4n) is 3.20. The minimum absolute atomic E-state index is 0.0211. The van der Waals surface area contributed by atoms with Gasteiger partial charge in [0, 0.05) is 20.4 Å². The van der Waals surface area contributed by atoms with Crippen molar-refractivity contribution in [1.29, 1.82) is 0 Å². The van der Waals surface area contributed by atoms with E-state index in [1.54, 1.807) is 25.1 Å². The third-order valence-corrected chi connectivity index (χ3v) is 7.23. The number of carboxylic acids is 1. The van der Waals surface area contributed by atoms with Crippen LogP contribution in [-0.4, -0.2) is 39.7 Å². The number of aromatic nitrogens is 2. The van der Waals surface area contributed by atoms with Gasteiger partial charge in [-0.05, 0) is 60.5 Å². The molecule has 0 radical (unpaired) electrons. The molecule has 0 spiro atoms. The SMILES string of the molecule is CCOc1cc(C=Nn2c([C@H](C)CC)nc3ccc(Br)cc3c2=O)c(Br)c(Cl)c1O[C@@H](C)C(=O)O. The van der Waals surface area contributed by atoms with E-state index in [2.05, 4.69) is 37.0 Å². The number of nitrogens with zero attached hydrogens (tertiary/aromatic N) is 3. The molecule has 0 saturated carbocycles. The van der Waals surface area contributed by atoms with Gasteiger partial charge >= 0.3 is 5.97 Å². The van der Waals surface area contributed by atoms with Gasteiger partial charge in [-0.15, -0.1) is 0 Å². The van der Waals surface area contributed by atoms with Crippen molar-refractivity contribution in [2.24, 2.45) is 5.10 Å². The van der Waals surface area contributed by atoms with Crippen LogP contribution in [0, 0.1) is 0 Å². The molecule has 8 nitrogen and oxygen atoms in total. The fraction of sp³-hybridized carbons (Fsp3) is 0.333. The lowest BCUT2D eigenvalue weighted by molar-refractivity contribution is -0.144. The number of carbonyl (C=O) groups is 1. The van der Waals surface area contributed by atoms with Gasteiger partial charge in [-0.1, -0.05) is 41.4 Å². The summed E-state index contributed by atoms with van der Waals surface area (Å²) in [7, 11) is 0. The number of carboxylic acid groups (broad SMARTS) is 1. The highest BCUT2D eigenvalue weighted by molar-refractivity contribution is 9.10. The second kappa shape index (κ2) is 11.5. The molecule has 35 heavy (non-hydrogen) atoms. The van der Waals surface area contributed by atoms with E-state index in [9.17, 15) is 14.7 Å². The number of ether oxygens (including phenoxy) is 2. The Morgan fingerprint density at radius 3 is 2.63 bits per heavy atom. The van der Waals surface area contributed by atoms with Gasteiger partial charge in [-0.2, -0.15) is 9.78 Å². The molecule has 1 aromatic heterocycles. The van der Waals surface area contributed by atoms with E-state index >= 15 is 0 Å². The van der Waals surface area contributed by atoms with Gasteiger partial charge in [0.1, 0.15) is 10.8 Å². The number of fused-ring (bicyclic) bond motifs is 1. The van der Waals surface area contributed by atoms with Crippen LogP contribution < -0.4 is 15.0 Å². The molecule has 2 atom stereocenters. The number of aliphatic carboxylic acids is 1. The molecule has 0 aliphatic carbocycles. The summed E-state index contributed by atoms with van der Waals surface area (Å²) < 4.78 is 13.6. The van der Waals surface area contributed by atoms with Gasteiger partial charge in [0.05, 0.1) is 23.7 Å². The Balaban J connectivity index is 2.17. The smallest absolute Gasteiger partial charge is 0.344 e. The summed E-state index contributed by atoms with van der Waals surface area (Å²) in [6.07, 6.45) is 1.10.